The van der Waals surface area contributed by atoms with Gasteiger partial charge < -0.3 is 5.32 Å². The van der Waals surface area contributed by atoms with Gasteiger partial charge in [0.05, 0.1) is 16.7 Å². The number of rotatable bonds is 5. The van der Waals surface area contributed by atoms with Crippen LogP contribution in [0.25, 0.3) is 0 Å². The minimum Gasteiger partial charge on any atom is -0.330 e. The number of pyridine rings is 1. The maximum Gasteiger partial charge on any atom is 0.320 e. The van der Waals surface area contributed by atoms with E-state index in [4.69, 9.17) is 0 Å². The number of carbonyl (C=O) groups is 1. The van der Waals surface area contributed by atoms with Gasteiger partial charge in [0.1, 0.15) is 5.82 Å². The molecule has 0 fully saturated rings. The van der Waals surface area contributed by atoms with Crippen LogP contribution in [0.4, 0.5) is 10.6 Å². The molecule has 0 aliphatic carbocycles. The van der Waals surface area contributed by atoms with Crippen LogP contribution in [0.3, 0.4) is 0 Å². The Labute approximate surface area is 132 Å². The predicted molar refractivity (Wildman–Crippen MR) is 88.1 cm³/mol. The number of aromatic nitrogens is 2. The highest BCUT2D eigenvalue weighted by atomic mass is 32.2. The molecular weight excluding hydrogens is 304 g/mol. The number of amides is 2. The summed E-state index contributed by atoms with van der Waals surface area (Å²) >= 11 is 3.23. The summed E-state index contributed by atoms with van der Waals surface area (Å²) in [6.07, 6.45) is 4.63. The fourth-order valence-electron chi connectivity index (χ4n) is 1.68. The van der Waals surface area contributed by atoms with Crippen molar-refractivity contribution in [3.8, 4) is 0 Å². The largest absolute Gasteiger partial charge is 0.330 e. The van der Waals surface area contributed by atoms with E-state index < -0.39 is 0 Å². The zero-order valence-electron chi connectivity index (χ0n) is 12.2. The summed E-state index contributed by atoms with van der Waals surface area (Å²) in [5.41, 5.74) is 0.887. The molecular formula is C14H18N4OS2. The summed E-state index contributed by atoms with van der Waals surface area (Å²) in [5.74, 6) is 0.532. The topological polar surface area (TPSA) is 66.9 Å². The number of thioether (sulfide) groups is 1. The SMILES string of the molecule is CCc1nc([C@@H](C)NC(=O)Nc2ccc(SC)cn2)cs1. The Morgan fingerprint density at radius 3 is 2.86 bits per heavy atom. The smallest absolute Gasteiger partial charge is 0.320 e. The molecule has 0 aliphatic heterocycles. The third-order valence-electron chi connectivity index (χ3n) is 2.88. The van der Waals surface area contributed by atoms with Crippen molar-refractivity contribution in [3.05, 3.63) is 34.4 Å². The number of aryl methyl sites for hydroxylation is 1. The minimum atomic E-state index is -0.280. The molecule has 2 rings (SSSR count). The van der Waals surface area contributed by atoms with Gasteiger partial charge in [-0.05, 0) is 31.7 Å². The maximum absolute atomic E-state index is 11.9. The average Bonchev–Trinajstić information content (AvgIpc) is 2.97. The monoisotopic (exact) mass is 322 g/mol. The van der Waals surface area contributed by atoms with Crippen LogP contribution in [0, 0.1) is 0 Å². The van der Waals surface area contributed by atoms with Gasteiger partial charge in [0.25, 0.3) is 0 Å². The van der Waals surface area contributed by atoms with E-state index in [2.05, 4.69) is 27.5 Å². The van der Waals surface area contributed by atoms with Crippen LogP contribution in [0.1, 0.15) is 30.6 Å². The Hall–Kier alpha value is -1.60. The van der Waals surface area contributed by atoms with Crippen molar-refractivity contribution in [1.29, 1.82) is 0 Å². The minimum absolute atomic E-state index is 0.132. The molecule has 21 heavy (non-hydrogen) atoms. The normalized spacial score (nSPS) is 12.0. The number of nitrogens with one attached hydrogen (secondary N) is 2. The summed E-state index contributed by atoms with van der Waals surface area (Å²) in [7, 11) is 0. The first-order chi connectivity index (χ1) is 10.1. The Bertz CT molecular complexity index is 597. The molecule has 1 atom stereocenters. The molecule has 2 aromatic rings. The number of hydrogen-bond donors (Lipinski definition) is 2. The molecule has 0 spiro atoms. The van der Waals surface area contributed by atoms with E-state index in [-0.39, 0.29) is 12.1 Å². The second-order valence-electron chi connectivity index (χ2n) is 4.42. The summed E-state index contributed by atoms with van der Waals surface area (Å²) in [6, 6.07) is 3.30. The summed E-state index contributed by atoms with van der Waals surface area (Å²) in [6.45, 7) is 3.98. The fraction of sp³-hybridized carbons (Fsp3) is 0.357. The number of urea groups is 1. The lowest BCUT2D eigenvalue weighted by atomic mass is 10.3. The van der Waals surface area contributed by atoms with E-state index in [1.54, 1.807) is 35.4 Å². The van der Waals surface area contributed by atoms with Gasteiger partial charge in [-0.3, -0.25) is 5.32 Å². The zero-order chi connectivity index (χ0) is 15.2. The first kappa shape index (κ1) is 15.8. The number of thiazole rings is 1. The number of carbonyl (C=O) groups excluding carboxylic acids is 1. The molecule has 5 nitrogen and oxygen atoms in total. The first-order valence-electron chi connectivity index (χ1n) is 6.64. The summed E-state index contributed by atoms with van der Waals surface area (Å²) in [4.78, 5) is 21.6. The molecule has 0 saturated heterocycles. The highest BCUT2D eigenvalue weighted by Crippen LogP contribution is 2.17. The second kappa shape index (κ2) is 7.42. The molecule has 0 bridgehead atoms. The van der Waals surface area contributed by atoms with Gasteiger partial charge >= 0.3 is 6.03 Å². The van der Waals surface area contributed by atoms with Crippen LogP contribution >= 0.6 is 23.1 Å². The fourth-order valence-corrected chi connectivity index (χ4v) is 2.88. The Balaban J connectivity index is 1.91. The third-order valence-corrected chi connectivity index (χ3v) is 4.60. The Kier molecular flexibility index (Phi) is 5.58. The molecule has 2 N–H and O–H groups in total. The molecule has 2 amide bonds. The van der Waals surface area contributed by atoms with E-state index in [0.29, 0.717) is 5.82 Å². The van der Waals surface area contributed by atoms with E-state index in [1.165, 1.54) is 0 Å². The quantitative estimate of drug-likeness (QED) is 0.824. The van der Waals surface area contributed by atoms with Crippen molar-refractivity contribution in [2.45, 2.75) is 31.2 Å². The molecule has 2 heterocycles. The van der Waals surface area contributed by atoms with E-state index in [0.717, 1.165) is 22.0 Å². The number of hydrogen-bond acceptors (Lipinski definition) is 5. The van der Waals surface area contributed by atoms with Crippen molar-refractivity contribution in [1.82, 2.24) is 15.3 Å². The van der Waals surface area contributed by atoms with Crippen molar-refractivity contribution in [3.63, 3.8) is 0 Å². The van der Waals surface area contributed by atoms with E-state index >= 15 is 0 Å². The molecule has 112 valence electrons. The number of anilines is 1. The van der Waals surface area contributed by atoms with Crippen LogP contribution in [-0.4, -0.2) is 22.3 Å². The second-order valence-corrected chi connectivity index (χ2v) is 6.25. The van der Waals surface area contributed by atoms with Crippen molar-refractivity contribution >= 4 is 34.9 Å². The van der Waals surface area contributed by atoms with Gasteiger partial charge in [0.2, 0.25) is 0 Å². The summed E-state index contributed by atoms with van der Waals surface area (Å²) < 4.78 is 0. The van der Waals surface area contributed by atoms with Gasteiger partial charge in [0.15, 0.2) is 0 Å². The summed E-state index contributed by atoms with van der Waals surface area (Å²) in [5, 5.41) is 8.64. The molecule has 0 unspecified atom stereocenters. The molecule has 0 aliphatic rings. The first-order valence-corrected chi connectivity index (χ1v) is 8.74. The van der Waals surface area contributed by atoms with Crippen LogP contribution < -0.4 is 10.6 Å². The van der Waals surface area contributed by atoms with Crippen molar-refractivity contribution < 1.29 is 4.79 Å². The highest BCUT2D eigenvalue weighted by molar-refractivity contribution is 7.98. The van der Waals surface area contributed by atoms with Crippen LogP contribution in [0.5, 0.6) is 0 Å². The van der Waals surface area contributed by atoms with Gasteiger partial charge in [-0.2, -0.15) is 0 Å². The van der Waals surface area contributed by atoms with Crippen molar-refractivity contribution in [2.75, 3.05) is 11.6 Å². The lowest BCUT2D eigenvalue weighted by molar-refractivity contribution is 0.249. The average molecular weight is 322 g/mol. The molecule has 2 aromatic heterocycles. The van der Waals surface area contributed by atoms with Gasteiger partial charge in [-0.1, -0.05) is 6.92 Å². The lowest BCUT2D eigenvalue weighted by Crippen LogP contribution is -2.31. The van der Waals surface area contributed by atoms with Crippen molar-refractivity contribution in [2.24, 2.45) is 0 Å². The van der Waals surface area contributed by atoms with E-state index in [9.17, 15) is 4.79 Å². The van der Waals surface area contributed by atoms with Crippen LogP contribution in [0.15, 0.2) is 28.6 Å². The van der Waals surface area contributed by atoms with Crippen LogP contribution in [0.2, 0.25) is 0 Å². The number of nitrogens with zero attached hydrogens (tertiary/aromatic N) is 2. The van der Waals surface area contributed by atoms with Gasteiger partial charge in [-0.15, -0.1) is 23.1 Å². The van der Waals surface area contributed by atoms with Gasteiger partial charge in [0, 0.05) is 16.5 Å². The zero-order valence-corrected chi connectivity index (χ0v) is 13.8. The molecule has 0 aromatic carbocycles. The molecule has 7 heteroatoms. The van der Waals surface area contributed by atoms with Gasteiger partial charge in [-0.25, -0.2) is 14.8 Å². The Morgan fingerprint density at radius 1 is 1.48 bits per heavy atom. The standard InChI is InChI=1S/C14H18N4OS2/c1-4-13-17-11(8-21-13)9(2)16-14(19)18-12-6-5-10(20-3)7-15-12/h5-9H,4H2,1-3H3,(H2,15,16,18,19)/t9-/m1/s1. The Morgan fingerprint density at radius 2 is 2.29 bits per heavy atom. The maximum atomic E-state index is 11.9. The third kappa shape index (κ3) is 4.44. The highest BCUT2D eigenvalue weighted by Gasteiger charge is 2.13. The van der Waals surface area contributed by atoms with Crippen LogP contribution in [-0.2, 0) is 6.42 Å². The molecule has 0 radical (unpaired) electrons. The predicted octanol–water partition coefficient (Wildman–Crippen LogP) is 3.71. The lowest BCUT2D eigenvalue weighted by Gasteiger charge is -2.12. The molecule has 0 saturated carbocycles. The van der Waals surface area contributed by atoms with E-state index in [1.807, 2.05) is 24.6 Å².